The normalized spacial score (nSPS) is 17.3. The van der Waals surface area contributed by atoms with Crippen molar-refractivity contribution in [2.24, 2.45) is 5.73 Å². The van der Waals surface area contributed by atoms with Gasteiger partial charge in [-0.25, -0.2) is 4.68 Å². The van der Waals surface area contributed by atoms with E-state index in [9.17, 15) is 20.1 Å². The van der Waals surface area contributed by atoms with Crippen LogP contribution in [0.5, 0.6) is 5.88 Å². The van der Waals surface area contributed by atoms with E-state index in [2.05, 4.69) is 10.4 Å². The number of benzene rings is 1. The molecule has 6 N–H and O–H groups in total. The van der Waals surface area contributed by atoms with E-state index in [0.29, 0.717) is 24.1 Å². The number of aliphatic hydroxyl groups excluding tert-OH is 1. The second-order valence-corrected chi connectivity index (χ2v) is 8.38. The molecule has 30 heavy (non-hydrogen) atoms. The molecule has 164 valence electrons. The fourth-order valence-corrected chi connectivity index (χ4v) is 3.92. The lowest BCUT2D eigenvalue weighted by Crippen LogP contribution is -2.42. The molecule has 0 bridgehead atoms. The smallest absolute Gasteiger partial charge is 0.252 e. The highest BCUT2D eigenvalue weighted by Gasteiger charge is 2.28. The highest BCUT2D eigenvalue weighted by Crippen LogP contribution is 2.29. The first kappa shape index (κ1) is 22.6. The van der Waals surface area contributed by atoms with E-state index < -0.39 is 11.7 Å². The molecule has 1 atom stereocenters. The summed E-state index contributed by atoms with van der Waals surface area (Å²) in [5.74, 6) is -0.490. The molecule has 3 rings (SSSR count). The number of aromatic nitrogens is 2. The summed E-state index contributed by atoms with van der Waals surface area (Å²) in [7, 11) is 0. The van der Waals surface area contributed by atoms with Crippen LogP contribution in [0.2, 0.25) is 5.02 Å². The number of rotatable bonds is 7. The minimum Gasteiger partial charge on any atom is -0.493 e. The fourth-order valence-electron chi connectivity index (χ4n) is 3.72. The Balaban J connectivity index is 1.75. The molecule has 0 saturated heterocycles. The van der Waals surface area contributed by atoms with Crippen molar-refractivity contribution in [1.29, 1.82) is 0 Å². The summed E-state index contributed by atoms with van der Waals surface area (Å²) in [5, 5.41) is 37.9. The van der Waals surface area contributed by atoms with Gasteiger partial charge in [0.2, 0.25) is 5.88 Å². The molecule has 0 aliphatic heterocycles. The van der Waals surface area contributed by atoms with Crippen molar-refractivity contribution in [3.05, 3.63) is 34.9 Å². The first-order valence-electron chi connectivity index (χ1n) is 10.3. The summed E-state index contributed by atoms with van der Waals surface area (Å²) in [4.78, 5) is 12.7. The molecule has 2 aromatic rings. The van der Waals surface area contributed by atoms with E-state index in [1.54, 1.807) is 18.2 Å². The molecule has 1 heterocycles. The lowest BCUT2D eigenvalue weighted by Gasteiger charge is -2.26. The Labute approximate surface area is 180 Å². The molecule has 1 fully saturated rings. The van der Waals surface area contributed by atoms with Crippen LogP contribution in [0.3, 0.4) is 0 Å². The second-order valence-electron chi connectivity index (χ2n) is 7.98. The van der Waals surface area contributed by atoms with Crippen molar-refractivity contribution in [3.8, 4) is 17.1 Å². The molecule has 8 nitrogen and oxygen atoms in total. The third-order valence-electron chi connectivity index (χ3n) is 5.53. The van der Waals surface area contributed by atoms with Gasteiger partial charge in [0.15, 0.2) is 0 Å². The third kappa shape index (κ3) is 5.51. The molecular weight excluding hydrogens is 408 g/mol. The van der Waals surface area contributed by atoms with Gasteiger partial charge in [-0.3, -0.25) is 4.79 Å². The number of carbonyl (C=O) groups excluding carboxylic acids is 1. The van der Waals surface area contributed by atoms with Gasteiger partial charge in [-0.15, -0.1) is 0 Å². The van der Waals surface area contributed by atoms with Crippen LogP contribution in [0.4, 0.5) is 0 Å². The second kappa shape index (κ2) is 9.78. The van der Waals surface area contributed by atoms with Crippen molar-refractivity contribution in [2.45, 2.75) is 56.8 Å². The maximum atomic E-state index is 12.7. The SMILES string of the molecule is NCC(O)Cn1nc(-c2ccc(Cl)c(C(=O)NCC3(O)CCCCCC3)c2)cc1O. The molecule has 1 aliphatic rings. The number of aromatic hydroxyl groups is 1. The van der Waals surface area contributed by atoms with E-state index in [1.807, 2.05) is 0 Å². The van der Waals surface area contributed by atoms with Crippen LogP contribution in [0, 0.1) is 0 Å². The Morgan fingerprint density at radius 2 is 1.97 bits per heavy atom. The molecule has 1 aromatic carbocycles. The Morgan fingerprint density at radius 1 is 1.27 bits per heavy atom. The Bertz CT molecular complexity index is 878. The van der Waals surface area contributed by atoms with Crippen LogP contribution in [-0.2, 0) is 6.54 Å². The van der Waals surface area contributed by atoms with Gasteiger partial charge in [-0.05, 0) is 25.0 Å². The monoisotopic (exact) mass is 436 g/mol. The Morgan fingerprint density at radius 3 is 2.63 bits per heavy atom. The van der Waals surface area contributed by atoms with Gasteiger partial charge in [0.25, 0.3) is 5.91 Å². The average Bonchev–Trinajstić information content (AvgIpc) is 2.94. The molecule has 1 amide bonds. The van der Waals surface area contributed by atoms with Gasteiger partial charge in [0, 0.05) is 24.7 Å². The summed E-state index contributed by atoms with van der Waals surface area (Å²) in [6.45, 7) is 0.285. The lowest BCUT2D eigenvalue weighted by atomic mass is 9.94. The highest BCUT2D eigenvalue weighted by atomic mass is 35.5. The quantitative estimate of drug-likeness (QED) is 0.422. The molecular formula is C21H29ClN4O4. The predicted molar refractivity (Wildman–Crippen MR) is 114 cm³/mol. The van der Waals surface area contributed by atoms with Crippen molar-refractivity contribution in [2.75, 3.05) is 13.1 Å². The number of nitrogens with zero attached hydrogens (tertiary/aromatic N) is 2. The zero-order valence-corrected chi connectivity index (χ0v) is 17.6. The Hall–Kier alpha value is -2.13. The van der Waals surface area contributed by atoms with E-state index in [4.69, 9.17) is 17.3 Å². The van der Waals surface area contributed by atoms with Crippen LogP contribution < -0.4 is 11.1 Å². The number of hydrogen-bond donors (Lipinski definition) is 5. The number of halogens is 1. The molecule has 0 radical (unpaired) electrons. The van der Waals surface area contributed by atoms with E-state index in [-0.39, 0.29) is 42.0 Å². The van der Waals surface area contributed by atoms with Gasteiger partial charge in [0.05, 0.1) is 34.5 Å². The van der Waals surface area contributed by atoms with Gasteiger partial charge in [-0.2, -0.15) is 5.10 Å². The zero-order chi connectivity index (χ0) is 21.7. The van der Waals surface area contributed by atoms with Crippen molar-refractivity contribution in [1.82, 2.24) is 15.1 Å². The molecule has 1 aliphatic carbocycles. The summed E-state index contributed by atoms with van der Waals surface area (Å²) in [5.41, 5.74) is 5.82. The molecule has 1 saturated carbocycles. The summed E-state index contributed by atoms with van der Waals surface area (Å²) in [6.07, 6.45) is 4.63. The summed E-state index contributed by atoms with van der Waals surface area (Å²) < 4.78 is 1.25. The average molecular weight is 437 g/mol. The minimum atomic E-state index is -0.884. The van der Waals surface area contributed by atoms with Gasteiger partial charge < -0.3 is 26.4 Å². The van der Waals surface area contributed by atoms with Gasteiger partial charge in [0.1, 0.15) is 0 Å². The fraction of sp³-hybridized carbons (Fsp3) is 0.524. The zero-order valence-electron chi connectivity index (χ0n) is 16.9. The van der Waals surface area contributed by atoms with Crippen molar-refractivity contribution < 1.29 is 20.1 Å². The number of hydrogen-bond acceptors (Lipinski definition) is 6. The summed E-state index contributed by atoms with van der Waals surface area (Å²) in [6, 6.07) is 6.34. The maximum absolute atomic E-state index is 12.7. The summed E-state index contributed by atoms with van der Waals surface area (Å²) >= 11 is 6.24. The van der Waals surface area contributed by atoms with Crippen LogP contribution >= 0.6 is 11.6 Å². The standard InChI is InChI=1S/C21H29ClN4O4/c22-17-6-5-14(18-10-19(28)26(25-18)12-15(27)11-23)9-16(17)20(29)24-13-21(30)7-3-1-2-4-8-21/h5-6,9-10,15,27-28,30H,1-4,7-8,11-13,23H2,(H,24,29). The first-order chi connectivity index (χ1) is 14.3. The molecule has 1 aromatic heterocycles. The number of nitrogens with two attached hydrogens (primary N) is 1. The first-order valence-corrected chi connectivity index (χ1v) is 10.6. The molecule has 0 spiro atoms. The van der Waals surface area contributed by atoms with Gasteiger partial charge >= 0.3 is 0 Å². The van der Waals surface area contributed by atoms with Crippen LogP contribution in [0.1, 0.15) is 48.9 Å². The van der Waals surface area contributed by atoms with E-state index in [1.165, 1.54) is 10.7 Å². The number of amides is 1. The van der Waals surface area contributed by atoms with Crippen molar-refractivity contribution in [3.63, 3.8) is 0 Å². The maximum Gasteiger partial charge on any atom is 0.252 e. The Kier molecular flexibility index (Phi) is 7.36. The number of carbonyl (C=O) groups is 1. The van der Waals surface area contributed by atoms with Crippen LogP contribution in [-0.4, -0.2) is 55.8 Å². The lowest BCUT2D eigenvalue weighted by molar-refractivity contribution is 0.0246. The van der Waals surface area contributed by atoms with E-state index >= 15 is 0 Å². The van der Waals surface area contributed by atoms with Crippen LogP contribution in [0.15, 0.2) is 24.3 Å². The van der Waals surface area contributed by atoms with Gasteiger partial charge in [-0.1, -0.05) is 43.4 Å². The number of nitrogens with one attached hydrogen (secondary N) is 1. The topological polar surface area (TPSA) is 134 Å². The van der Waals surface area contributed by atoms with E-state index in [0.717, 1.165) is 25.7 Å². The highest BCUT2D eigenvalue weighted by molar-refractivity contribution is 6.34. The molecule has 9 heteroatoms. The largest absolute Gasteiger partial charge is 0.493 e. The number of aliphatic hydroxyl groups is 2. The van der Waals surface area contributed by atoms with Crippen molar-refractivity contribution >= 4 is 17.5 Å². The van der Waals surface area contributed by atoms with Crippen LogP contribution in [0.25, 0.3) is 11.3 Å². The predicted octanol–water partition coefficient (Wildman–Crippen LogP) is 2.04. The molecule has 1 unspecified atom stereocenters. The third-order valence-corrected chi connectivity index (χ3v) is 5.86. The minimum absolute atomic E-state index is 0.0479.